The van der Waals surface area contributed by atoms with E-state index < -0.39 is 24.3 Å². The van der Waals surface area contributed by atoms with Gasteiger partial charge in [0.15, 0.2) is 0 Å². The predicted octanol–water partition coefficient (Wildman–Crippen LogP) is -0.237. The van der Waals surface area contributed by atoms with Crippen molar-refractivity contribution in [3.8, 4) is 0 Å². The van der Waals surface area contributed by atoms with E-state index in [1.807, 2.05) is 34.1 Å². The summed E-state index contributed by atoms with van der Waals surface area (Å²) in [6, 6.07) is 7.50. The van der Waals surface area contributed by atoms with Gasteiger partial charge in [-0.25, -0.2) is 0 Å². The molecule has 1 aromatic carbocycles. The fraction of sp³-hybridized carbons (Fsp3) is 0.500. The van der Waals surface area contributed by atoms with Crippen LogP contribution in [0.4, 0.5) is 11.4 Å². The second-order valence-electron chi connectivity index (χ2n) is 5.83. The Morgan fingerprint density at radius 2 is 1.29 bits per heavy atom. The van der Waals surface area contributed by atoms with Crippen LogP contribution in [0.1, 0.15) is 12.8 Å². The molecule has 0 spiro atoms. The Balaban J connectivity index is 1.97. The maximum Gasteiger partial charge on any atom is 0.267 e. The number of hydrogen-bond donors (Lipinski definition) is 2. The summed E-state index contributed by atoms with van der Waals surface area (Å²) in [7, 11) is 0. The Morgan fingerprint density at radius 1 is 0.875 bits per heavy atom. The molecule has 0 bridgehead atoms. The van der Waals surface area contributed by atoms with Crippen molar-refractivity contribution in [1.29, 1.82) is 0 Å². The summed E-state index contributed by atoms with van der Waals surface area (Å²) in [6.45, 7) is 2.26. The lowest BCUT2D eigenvalue weighted by molar-refractivity contribution is -0.132. The Labute approximate surface area is 140 Å². The minimum atomic E-state index is -0.822. The molecule has 2 atom stereocenters. The molecule has 130 valence electrons. The standard InChI is InChI=1S/C16H22N4O4/c17-13(21)15-19(7-3-9-23-15)11-5-1-2-6-12(11)20-8-4-10-24-16(20)14(18)22/h1-2,5-6,15-16H,3-4,7-10H2,(H2,17,21)(H2,18,22). The molecule has 24 heavy (non-hydrogen) atoms. The van der Waals surface area contributed by atoms with Gasteiger partial charge >= 0.3 is 0 Å². The SMILES string of the molecule is NC(=O)C1OCCCN1c1ccccc1N1CCCOC1C(N)=O. The number of primary amides is 2. The van der Waals surface area contributed by atoms with Crippen LogP contribution in [0.5, 0.6) is 0 Å². The van der Waals surface area contributed by atoms with Crippen LogP contribution >= 0.6 is 0 Å². The first-order valence-electron chi connectivity index (χ1n) is 8.04. The van der Waals surface area contributed by atoms with Gasteiger partial charge < -0.3 is 30.7 Å². The first-order chi connectivity index (χ1) is 11.6. The van der Waals surface area contributed by atoms with E-state index in [4.69, 9.17) is 20.9 Å². The van der Waals surface area contributed by atoms with Crippen molar-refractivity contribution in [3.05, 3.63) is 24.3 Å². The third-order valence-corrected chi connectivity index (χ3v) is 4.19. The number of hydrogen-bond acceptors (Lipinski definition) is 6. The van der Waals surface area contributed by atoms with Crippen LogP contribution in [-0.4, -0.2) is 50.6 Å². The van der Waals surface area contributed by atoms with E-state index in [-0.39, 0.29) is 0 Å². The van der Waals surface area contributed by atoms with Gasteiger partial charge in [-0.3, -0.25) is 9.59 Å². The van der Waals surface area contributed by atoms with E-state index in [1.165, 1.54) is 0 Å². The fourth-order valence-corrected chi connectivity index (χ4v) is 3.19. The topological polar surface area (TPSA) is 111 Å². The summed E-state index contributed by atoms with van der Waals surface area (Å²) in [6.07, 6.45) is -0.0721. The number of carbonyl (C=O) groups excluding carboxylic acids is 2. The number of rotatable bonds is 4. The molecule has 2 amide bonds. The molecule has 2 heterocycles. The second kappa shape index (κ2) is 7.06. The molecule has 4 N–H and O–H groups in total. The largest absolute Gasteiger partial charge is 0.366 e. The van der Waals surface area contributed by atoms with Gasteiger partial charge in [-0.1, -0.05) is 12.1 Å². The van der Waals surface area contributed by atoms with E-state index in [0.29, 0.717) is 26.3 Å². The van der Waals surface area contributed by atoms with Crippen molar-refractivity contribution < 1.29 is 19.1 Å². The lowest BCUT2D eigenvalue weighted by atomic mass is 10.1. The summed E-state index contributed by atoms with van der Waals surface area (Å²) < 4.78 is 11.1. The summed E-state index contributed by atoms with van der Waals surface area (Å²) in [5.74, 6) is -1.07. The highest BCUT2D eigenvalue weighted by Gasteiger charge is 2.34. The fourth-order valence-electron chi connectivity index (χ4n) is 3.19. The molecular formula is C16H22N4O4. The van der Waals surface area contributed by atoms with Crippen LogP contribution < -0.4 is 21.3 Å². The van der Waals surface area contributed by atoms with Crippen molar-refractivity contribution in [2.45, 2.75) is 25.3 Å². The molecule has 8 heteroatoms. The molecule has 2 aliphatic rings. The van der Waals surface area contributed by atoms with Gasteiger partial charge in [-0.05, 0) is 25.0 Å². The average molecular weight is 334 g/mol. The summed E-state index contributed by atoms with van der Waals surface area (Å²) in [5.41, 5.74) is 12.5. The molecule has 2 aliphatic heterocycles. The zero-order valence-corrected chi connectivity index (χ0v) is 13.4. The molecule has 3 rings (SSSR count). The van der Waals surface area contributed by atoms with Crippen molar-refractivity contribution in [2.75, 3.05) is 36.1 Å². The van der Waals surface area contributed by atoms with Gasteiger partial charge in [0, 0.05) is 13.1 Å². The summed E-state index contributed by atoms with van der Waals surface area (Å²) >= 11 is 0. The quantitative estimate of drug-likeness (QED) is 0.786. The van der Waals surface area contributed by atoms with Crippen molar-refractivity contribution in [1.82, 2.24) is 0 Å². The number of amides is 2. The second-order valence-corrected chi connectivity index (χ2v) is 5.83. The zero-order chi connectivity index (χ0) is 17.1. The van der Waals surface area contributed by atoms with E-state index in [0.717, 1.165) is 24.2 Å². The van der Waals surface area contributed by atoms with Crippen LogP contribution in [0.15, 0.2) is 24.3 Å². The van der Waals surface area contributed by atoms with Crippen LogP contribution in [0.3, 0.4) is 0 Å². The average Bonchev–Trinajstić information content (AvgIpc) is 2.61. The Bertz CT molecular complexity index is 571. The van der Waals surface area contributed by atoms with Crippen molar-refractivity contribution in [2.24, 2.45) is 11.5 Å². The number of ether oxygens (including phenoxy) is 2. The zero-order valence-electron chi connectivity index (χ0n) is 13.4. The number of nitrogens with two attached hydrogens (primary N) is 2. The number of para-hydroxylation sites is 2. The highest BCUT2D eigenvalue weighted by Crippen LogP contribution is 2.34. The molecule has 0 aliphatic carbocycles. The van der Waals surface area contributed by atoms with Crippen LogP contribution in [0.25, 0.3) is 0 Å². The Hall–Kier alpha value is -2.32. The minimum Gasteiger partial charge on any atom is -0.366 e. The van der Waals surface area contributed by atoms with Gasteiger partial charge in [0.05, 0.1) is 24.6 Å². The molecule has 0 saturated carbocycles. The first-order valence-corrected chi connectivity index (χ1v) is 8.04. The van der Waals surface area contributed by atoms with Gasteiger partial charge in [-0.2, -0.15) is 0 Å². The highest BCUT2D eigenvalue weighted by molar-refractivity contribution is 5.87. The van der Waals surface area contributed by atoms with Crippen LogP contribution in [0.2, 0.25) is 0 Å². The van der Waals surface area contributed by atoms with E-state index in [1.54, 1.807) is 0 Å². The first kappa shape index (κ1) is 16.5. The number of nitrogens with zero attached hydrogens (tertiary/aromatic N) is 2. The monoisotopic (exact) mass is 334 g/mol. The van der Waals surface area contributed by atoms with E-state index in [2.05, 4.69) is 0 Å². The van der Waals surface area contributed by atoms with Crippen molar-refractivity contribution in [3.63, 3.8) is 0 Å². The maximum atomic E-state index is 11.7. The van der Waals surface area contributed by atoms with E-state index >= 15 is 0 Å². The lowest BCUT2D eigenvalue weighted by Gasteiger charge is -2.41. The molecule has 2 fully saturated rings. The third-order valence-electron chi connectivity index (χ3n) is 4.19. The molecule has 0 aromatic heterocycles. The molecule has 2 unspecified atom stereocenters. The third kappa shape index (κ3) is 3.15. The van der Waals surface area contributed by atoms with Crippen molar-refractivity contribution >= 4 is 23.2 Å². The predicted molar refractivity (Wildman–Crippen MR) is 88.2 cm³/mol. The smallest absolute Gasteiger partial charge is 0.267 e. The van der Waals surface area contributed by atoms with Gasteiger partial charge in [0.1, 0.15) is 0 Å². The minimum absolute atomic E-state index is 0.489. The van der Waals surface area contributed by atoms with Crippen LogP contribution in [0, 0.1) is 0 Å². The Morgan fingerprint density at radius 3 is 1.67 bits per heavy atom. The summed E-state index contributed by atoms with van der Waals surface area (Å²) in [4.78, 5) is 27.1. The molecule has 1 aromatic rings. The lowest BCUT2D eigenvalue weighted by Crippen LogP contribution is -2.53. The number of benzene rings is 1. The highest BCUT2D eigenvalue weighted by atomic mass is 16.5. The van der Waals surface area contributed by atoms with Gasteiger partial charge in [0.25, 0.3) is 11.8 Å². The van der Waals surface area contributed by atoms with E-state index in [9.17, 15) is 9.59 Å². The molecular weight excluding hydrogens is 312 g/mol. The molecule has 2 saturated heterocycles. The van der Waals surface area contributed by atoms with Gasteiger partial charge in [-0.15, -0.1) is 0 Å². The summed E-state index contributed by atoms with van der Waals surface area (Å²) in [5, 5.41) is 0. The van der Waals surface area contributed by atoms with Gasteiger partial charge in [0.2, 0.25) is 12.5 Å². The van der Waals surface area contributed by atoms with Crippen LogP contribution in [-0.2, 0) is 19.1 Å². The molecule has 0 radical (unpaired) electrons. The molecule has 8 nitrogen and oxygen atoms in total. The normalized spacial score (nSPS) is 24.7. The number of anilines is 2. The Kier molecular flexibility index (Phi) is 4.86. The maximum absolute atomic E-state index is 11.7. The number of carbonyl (C=O) groups is 2.